The van der Waals surface area contributed by atoms with Gasteiger partial charge in [-0.2, -0.15) is 0 Å². The van der Waals surface area contributed by atoms with Crippen molar-refractivity contribution in [3.8, 4) is 11.5 Å². The number of hydrogen-bond donors (Lipinski definition) is 1. The zero-order chi connectivity index (χ0) is 15.0. The number of alkyl halides is 2. The zero-order valence-corrected chi connectivity index (χ0v) is 9.33. The van der Waals surface area contributed by atoms with Crippen molar-refractivity contribution in [3.63, 3.8) is 0 Å². The van der Waals surface area contributed by atoms with E-state index in [4.69, 9.17) is 5.11 Å². The molecule has 0 aliphatic rings. The Balaban J connectivity index is 2.63. The van der Waals surface area contributed by atoms with Crippen LogP contribution in [0.15, 0.2) is 16.5 Å². The van der Waals surface area contributed by atoms with E-state index >= 15 is 0 Å². The SMILES string of the molecule is O=C(O)c1oc(-c2ccc(F)c(F)c2F)nc1C(F)F. The van der Waals surface area contributed by atoms with Crippen molar-refractivity contribution in [3.05, 3.63) is 41.0 Å². The number of aromatic nitrogens is 1. The first-order chi connectivity index (χ1) is 9.32. The number of nitrogens with zero attached hydrogens (tertiary/aromatic N) is 1. The fourth-order valence-electron chi connectivity index (χ4n) is 1.44. The van der Waals surface area contributed by atoms with Crippen molar-refractivity contribution in [2.75, 3.05) is 0 Å². The summed E-state index contributed by atoms with van der Waals surface area (Å²) in [5.41, 5.74) is -1.99. The fraction of sp³-hybridized carbons (Fsp3) is 0.0909. The highest BCUT2D eigenvalue weighted by Gasteiger charge is 2.28. The zero-order valence-electron chi connectivity index (χ0n) is 9.33. The standard InChI is InChI=1S/C11H4F5NO3/c12-4-2-1-3(5(13)6(4)14)10-17-7(9(15)16)8(20-10)11(18)19/h1-2,9H,(H,18,19). The maximum Gasteiger partial charge on any atom is 0.374 e. The number of oxazole rings is 1. The molecule has 0 saturated carbocycles. The Morgan fingerprint density at radius 1 is 1.20 bits per heavy atom. The molecule has 9 heteroatoms. The molecular formula is C11H4F5NO3. The lowest BCUT2D eigenvalue weighted by Crippen LogP contribution is -1.99. The molecule has 2 aromatic rings. The quantitative estimate of drug-likeness (QED) is 0.696. The van der Waals surface area contributed by atoms with Gasteiger partial charge in [0.25, 0.3) is 6.43 Å². The summed E-state index contributed by atoms with van der Waals surface area (Å²) in [7, 11) is 0. The van der Waals surface area contributed by atoms with Gasteiger partial charge in [-0.05, 0) is 12.1 Å². The summed E-state index contributed by atoms with van der Waals surface area (Å²) in [4.78, 5) is 13.8. The molecule has 4 nitrogen and oxygen atoms in total. The van der Waals surface area contributed by atoms with Gasteiger partial charge in [-0.15, -0.1) is 0 Å². The number of halogens is 5. The van der Waals surface area contributed by atoms with E-state index in [-0.39, 0.29) is 0 Å². The molecule has 0 saturated heterocycles. The van der Waals surface area contributed by atoms with E-state index in [1.807, 2.05) is 0 Å². The van der Waals surface area contributed by atoms with E-state index in [9.17, 15) is 26.7 Å². The van der Waals surface area contributed by atoms with Crippen molar-refractivity contribution in [2.24, 2.45) is 0 Å². The van der Waals surface area contributed by atoms with Gasteiger partial charge in [0.05, 0.1) is 5.56 Å². The Bertz CT molecular complexity index is 683. The molecule has 1 aromatic carbocycles. The average Bonchev–Trinajstić information content (AvgIpc) is 2.81. The van der Waals surface area contributed by atoms with E-state index < -0.39 is 52.8 Å². The fourth-order valence-corrected chi connectivity index (χ4v) is 1.44. The Kier molecular flexibility index (Phi) is 3.43. The van der Waals surface area contributed by atoms with E-state index in [0.29, 0.717) is 12.1 Å². The highest BCUT2D eigenvalue weighted by atomic mass is 19.3. The molecule has 0 spiro atoms. The van der Waals surface area contributed by atoms with Gasteiger partial charge in [-0.25, -0.2) is 31.7 Å². The molecule has 106 valence electrons. The van der Waals surface area contributed by atoms with Crippen LogP contribution in [0.1, 0.15) is 22.7 Å². The minimum Gasteiger partial charge on any atom is -0.475 e. The first-order valence-corrected chi connectivity index (χ1v) is 4.99. The second-order valence-corrected chi connectivity index (χ2v) is 3.56. The van der Waals surface area contributed by atoms with Crippen LogP contribution in [0, 0.1) is 17.5 Å². The van der Waals surface area contributed by atoms with Crippen LogP contribution in [0.2, 0.25) is 0 Å². The second-order valence-electron chi connectivity index (χ2n) is 3.56. The van der Waals surface area contributed by atoms with Gasteiger partial charge in [-0.1, -0.05) is 0 Å². The molecule has 0 atom stereocenters. The summed E-state index contributed by atoms with van der Waals surface area (Å²) in [6.45, 7) is 0. The number of carboxylic acids is 1. The monoisotopic (exact) mass is 293 g/mol. The first-order valence-electron chi connectivity index (χ1n) is 4.99. The normalized spacial score (nSPS) is 11.1. The summed E-state index contributed by atoms with van der Waals surface area (Å²) in [5, 5.41) is 8.65. The summed E-state index contributed by atoms with van der Waals surface area (Å²) in [6.07, 6.45) is -3.29. The summed E-state index contributed by atoms with van der Waals surface area (Å²) < 4.78 is 68.8. The van der Waals surface area contributed by atoms with Gasteiger partial charge in [0.2, 0.25) is 11.7 Å². The van der Waals surface area contributed by atoms with Crippen LogP contribution in [0.3, 0.4) is 0 Å². The van der Waals surface area contributed by atoms with Gasteiger partial charge >= 0.3 is 5.97 Å². The lowest BCUT2D eigenvalue weighted by Gasteiger charge is -1.99. The van der Waals surface area contributed by atoms with Crippen LogP contribution in [-0.2, 0) is 0 Å². The molecular weight excluding hydrogens is 289 g/mol. The Hall–Kier alpha value is -2.45. The number of hydrogen-bond acceptors (Lipinski definition) is 3. The van der Waals surface area contributed by atoms with Crippen LogP contribution in [0.4, 0.5) is 22.0 Å². The molecule has 0 radical (unpaired) electrons. The van der Waals surface area contributed by atoms with Gasteiger partial charge in [0.1, 0.15) is 0 Å². The van der Waals surface area contributed by atoms with Gasteiger partial charge in [-0.3, -0.25) is 0 Å². The number of benzene rings is 1. The first kappa shape index (κ1) is 14.0. The number of carbonyl (C=O) groups is 1. The van der Waals surface area contributed by atoms with Crippen molar-refractivity contribution in [2.45, 2.75) is 6.43 Å². The van der Waals surface area contributed by atoms with Crippen molar-refractivity contribution in [1.82, 2.24) is 4.98 Å². The van der Waals surface area contributed by atoms with Crippen LogP contribution in [0.25, 0.3) is 11.5 Å². The lowest BCUT2D eigenvalue weighted by molar-refractivity contribution is 0.0646. The third kappa shape index (κ3) is 2.22. The van der Waals surface area contributed by atoms with Crippen molar-refractivity contribution in [1.29, 1.82) is 0 Å². The third-order valence-electron chi connectivity index (χ3n) is 2.32. The molecule has 0 aliphatic carbocycles. The number of aromatic carboxylic acids is 1. The van der Waals surface area contributed by atoms with Crippen molar-refractivity contribution < 1.29 is 36.3 Å². The minimum atomic E-state index is -3.29. The topological polar surface area (TPSA) is 63.3 Å². The maximum atomic E-state index is 13.4. The third-order valence-corrected chi connectivity index (χ3v) is 2.32. The van der Waals surface area contributed by atoms with Crippen LogP contribution in [0.5, 0.6) is 0 Å². The van der Waals surface area contributed by atoms with Gasteiger partial charge in [0, 0.05) is 0 Å². The van der Waals surface area contributed by atoms with Crippen molar-refractivity contribution >= 4 is 5.97 Å². The van der Waals surface area contributed by atoms with Crippen LogP contribution >= 0.6 is 0 Å². The smallest absolute Gasteiger partial charge is 0.374 e. The van der Waals surface area contributed by atoms with E-state index in [2.05, 4.69) is 9.40 Å². The number of rotatable bonds is 3. The highest BCUT2D eigenvalue weighted by Crippen LogP contribution is 2.30. The van der Waals surface area contributed by atoms with E-state index in [1.54, 1.807) is 0 Å². The largest absolute Gasteiger partial charge is 0.475 e. The molecule has 20 heavy (non-hydrogen) atoms. The summed E-state index contributed by atoms with van der Waals surface area (Å²) >= 11 is 0. The molecule has 0 amide bonds. The highest BCUT2D eigenvalue weighted by molar-refractivity contribution is 5.86. The number of carboxylic acid groups (broad SMARTS) is 1. The molecule has 0 fully saturated rings. The molecule has 1 aromatic heterocycles. The Labute approximate surface area is 107 Å². The molecule has 0 unspecified atom stereocenters. The predicted octanol–water partition coefficient (Wildman–Crippen LogP) is 3.39. The molecule has 2 rings (SSSR count). The van der Waals surface area contributed by atoms with Gasteiger partial charge in [0.15, 0.2) is 23.1 Å². The molecule has 1 N–H and O–H groups in total. The van der Waals surface area contributed by atoms with E-state index in [0.717, 1.165) is 0 Å². The Morgan fingerprint density at radius 2 is 1.85 bits per heavy atom. The summed E-state index contributed by atoms with van der Waals surface area (Å²) in [5.74, 6) is -8.99. The van der Waals surface area contributed by atoms with Crippen LogP contribution < -0.4 is 0 Å². The Morgan fingerprint density at radius 3 is 2.35 bits per heavy atom. The van der Waals surface area contributed by atoms with Gasteiger partial charge < -0.3 is 9.52 Å². The average molecular weight is 293 g/mol. The van der Waals surface area contributed by atoms with Crippen LogP contribution in [-0.4, -0.2) is 16.1 Å². The predicted molar refractivity (Wildman–Crippen MR) is 53.7 cm³/mol. The molecule has 0 aliphatic heterocycles. The molecule has 1 heterocycles. The summed E-state index contributed by atoms with van der Waals surface area (Å²) in [6, 6.07) is 1.22. The lowest BCUT2D eigenvalue weighted by atomic mass is 10.2. The molecule has 0 bridgehead atoms. The maximum absolute atomic E-state index is 13.4. The minimum absolute atomic E-state index is 0.528. The second kappa shape index (κ2) is 4.91. The van der Waals surface area contributed by atoms with E-state index in [1.165, 1.54) is 0 Å².